The Bertz CT molecular complexity index is 1040. The average molecular weight is 415 g/mol. The van der Waals surface area contributed by atoms with Crippen LogP contribution in [0, 0.1) is 6.92 Å². The Labute approximate surface area is 171 Å². The minimum absolute atomic E-state index is 0.0788. The first kappa shape index (κ1) is 19.9. The molecule has 0 aliphatic carbocycles. The Morgan fingerprint density at radius 3 is 2.52 bits per heavy atom. The van der Waals surface area contributed by atoms with Crippen molar-refractivity contribution in [1.82, 2.24) is 4.72 Å². The summed E-state index contributed by atoms with van der Waals surface area (Å²) in [5.41, 5.74) is 2.16. The molecule has 0 unspecified atom stereocenters. The number of anilines is 1. The molecule has 6 nitrogen and oxygen atoms in total. The molecule has 2 aliphatic rings. The fourth-order valence-electron chi connectivity index (χ4n) is 4.06. The summed E-state index contributed by atoms with van der Waals surface area (Å²) in [7, 11) is -3.73. The Morgan fingerprint density at radius 1 is 1.14 bits per heavy atom. The van der Waals surface area contributed by atoms with Crippen molar-refractivity contribution in [1.29, 1.82) is 0 Å². The molecule has 29 heavy (non-hydrogen) atoms. The molecule has 0 saturated carbocycles. The minimum atomic E-state index is -3.73. The Balaban J connectivity index is 1.60. The molecule has 0 aromatic heterocycles. The number of aryl methyl sites for hydroxylation is 1. The van der Waals surface area contributed by atoms with Gasteiger partial charge in [-0.15, -0.1) is 0 Å². The molecular formula is C22H26N2O4S. The molecule has 0 bridgehead atoms. The highest BCUT2D eigenvalue weighted by molar-refractivity contribution is 7.89. The lowest BCUT2D eigenvalue weighted by Crippen LogP contribution is -2.41. The summed E-state index contributed by atoms with van der Waals surface area (Å²) in [6.45, 7) is 6.57. The fourth-order valence-corrected chi connectivity index (χ4v) is 5.28. The van der Waals surface area contributed by atoms with Gasteiger partial charge in [0.25, 0.3) is 0 Å². The maximum atomic E-state index is 13.1. The lowest BCUT2D eigenvalue weighted by Gasteiger charge is -2.38. The quantitative estimate of drug-likeness (QED) is 0.828. The molecule has 1 saturated heterocycles. The number of nitrogens with one attached hydrogen (secondary N) is 1. The van der Waals surface area contributed by atoms with Crippen LogP contribution in [0.5, 0.6) is 5.75 Å². The summed E-state index contributed by atoms with van der Waals surface area (Å²) in [6, 6.07) is 12.0. The zero-order valence-corrected chi connectivity index (χ0v) is 17.8. The first-order valence-corrected chi connectivity index (χ1v) is 11.4. The van der Waals surface area contributed by atoms with Crippen molar-refractivity contribution >= 4 is 21.6 Å². The monoisotopic (exact) mass is 414 g/mol. The number of rotatable bonds is 4. The van der Waals surface area contributed by atoms with Gasteiger partial charge in [-0.2, -0.15) is 0 Å². The zero-order valence-electron chi connectivity index (χ0n) is 16.9. The van der Waals surface area contributed by atoms with E-state index in [1.165, 1.54) is 0 Å². The van der Waals surface area contributed by atoms with E-state index in [1.807, 2.05) is 39.0 Å². The van der Waals surface area contributed by atoms with E-state index >= 15 is 0 Å². The van der Waals surface area contributed by atoms with Gasteiger partial charge < -0.3 is 9.64 Å². The topological polar surface area (TPSA) is 75.7 Å². The summed E-state index contributed by atoms with van der Waals surface area (Å²) < 4.78 is 35.0. The number of ether oxygens (including phenoxy) is 1. The van der Waals surface area contributed by atoms with Crippen molar-refractivity contribution in [3.05, 3.63) is 53.6 Å². The third-order valence-corrected chi connectivity index (χ3v) is 6.94. The van der Waals surface area contributed by atoms with Gasteiger partial charge in [-0.3, -0.25) is 4.79 Å². The Morgan fingerprint density at radius 2 is 1.86 bits per heavy atom. The van der Waals surface area contributed by atoms with E-state index in [-0.39, 0.29) is 16.8 Å². The van der Waals surface area contributed by atoms with Gasteiger partial charge in [0, 0.05) is 30.6 Å². The van der Waals surface area contributed by atoms with Crippen LogP contribution in [0.2, 0.25) is 0 Å². The van der Waals surface area contributed by atoms with Crippen LogP contribution >= 0.6 is 0 Å². The summed E-state index contributed by atoms with van der Waals surface area (Å²) in [6.07, 6.45) is 1.90. The number of benzene rings is 2. The minimum Gasteiger partial charge on any atom is -0.487 e. The molecule has 2 aliphatic heterocycles. The largest absolute Gasteiger partial charge is 0.487 e. The van der Waals surface area contributed by atoms with Crippen molar-refractivity contribution in [2.75, 3.05) is 11.4 Å². The van der Waals surface area contributed by atoms with Crippen LogP contribution in [0.1, 0.15) is 50.3 Å². The molecule has 1 atom stereocenters. The molecule has 1 fully saturated rings. The second-order valence-electron chi connectivity index (χ2n) is 8.42. The van der Waals surface area contributed by atoms with Gasteiger partial charge >= 0.3 is 0 Å². The van der Waals surface area contributed by atoms with Crippen LogP contribution in [0.15, 0.2) is 47.4 Å². The average Bonchev–Trinajstić information content (AvgIpc) is 3.07. The van der Waals surface area contributed by atoms with Crippen LogP contribution < -0.4 is 14.4 Å². The predicted octanol–water partition coefficient (Wildman–Crippen LogP) is 3.70. The molecule has 2 aromatic rings. The SMILES string of the molecule is Cc1ccc2c(c1)[C@H](NS(=O)(=O)c1ccc(N3CCCC3=O)cc1)CC(C)(C)O2. The van der Waals surface area contributed by atoms with Gasteiger partial charge in [0.2, 0.25) is 15.9 Å². The molecule has 1 amide bonds. The third kappa shape index (κ3) is 4.02. The molecule has 2 aromatic carbocycles. The molecule has 4 rings (SSSR count). The smallest absolute Gasteiger partial charge is 0.241 e. The second kappa shape index (κ2) is 7.15. The lowest BCUT2D eigenvalue weighted by molar-refractivity contribution is -0.117. The van der Waals surface area contributed by atoms with Gasteiger partial charge in [0.1, 0.15) is 11.4 Å². The number of hydrogen-bond acceptors (Lipinski definition) is 4. The number of carbonyl (C=O) groups is 1. The maximum Gasteiger partial charge on any atom is 0.241 e. The van der Waals surface area contributed by atoms with Gasteiger partial charge in [0.05, 0.1) is 10.9 Å². The van der Waals surface area contributed by atoms with Crippen LogP contribution in [-0.4, -0.2) is 26.5 Å². The highest BCUT2D eigenvalue weighted by Gasteiger charge is 2.36. The van der Waals surface area contributed by atoms with Crippen molar-refractivity contribution in [3.63, 3.8) is 0 Å². The van der Waals surface area contributed by atoms with Crippen molar-refractivity contribution < 1.29 is 17.9 Å². The molecule has 1 N–H and O–H groups in total. The third-order valence-electron chi connectivity index (χ3n) is 5.45. The maximum absolute atomic E-state index is 13.1. The van der Waals surface area contributed by atoms with E-state index in [4.69, 9.17) is 4.74 Å². The van der Waals surface area contributed by atoms with Crippen LogP contribution in [0.25, 0.3) is 0 Å². The number of amides is 1. The lowest BCUT2D eigenvalue weighted by atomic mass is 9.89. The van der Waals surface area contributed by atoms with Gasteiger partial charge in [-0.05, 0) is 57.5 Å². The molecule has 7 heteroatoms. The molecule has 154 valence electrons. The highest BCUT2D eigenvalue weighted by Crippen LogP contribution is 2.40. The summed E-state index contributed by atoms with van der Waals surface area (Å²) in [5.74, 6) is 0.789. The first-order chi connectivity index (χ1) is 13.6. The number of fused-ring (bicyclic) bond motifs is 1. The standard InChI is InChI=1S/C22H26N2O4S/c1-15-6-11-20-18(13-15)19(14-22(2,3)28-20)23-29(26,27)17-9-7-16(8-10-17)24-12-4-5-21(24)25/h6-11,13,19,23H,4-5,12,14H2,1-3H3/t19-/m1/s1. The van der Waals surface area contributed by atoms with Gasteiger partial charge in [-0.25, -0.2) is 13.1 Å². The Kier molecular flexibility index (Phi) is 4.91. The highest BCUT2D eigenvalue weighted by atomic mass is 32.2. The summed E-state index contributed by atoms with van der Waals surface area (Å²) in [5, 5.41) is 0. The Hall–Kier alpha value is -2.38. The molecule has 2 heterocycles. The number of sulfonamides is 1. The zero-order chi connectivity index (χ0) is 20.8. The normalized spacial score (nSPS) is 21.0. The van der Waals surface area contributed by atoms with Crippen molar-refractivity contribution in [2.24, 2.45) is 0 Å². The van der Waals surface area contributed by atoms with E-state index in [1.54, 1.807) is 29.2 Å². The van der Waals surface area contributed by atoms with E-state index in [0.717, 1.165) is 23.2 Å². The van der Waals surface area contributed by atoms with Crippen molar-refractivity contribution in [3.8, 4) is 5.75 Å². The van der Waals surface area contributed by atoms with Crippen LogP contribution in [0.3, 0.4) is 0 Å². The van der Waals surface area contributed by atoms with E-state index in [9.17, 15) is 13.2 Å². The van der Waals surface area contributed by atoms with E-state index in [2.05, 4.69) is 4.72 Å². The van der Waals surface area contributed by atoms with Gasteiger partial charge in [0.15, 0.2) is 0 Å². The summed E-state index contributed by atoms with van der Waals surface area (Å²) in [4.78, 5) is 13.8. The van der Waals surface area contributed by atoms with Crippen LogP contribution in [0.4, 0.5) is 5.69 Å². The second-order valence-corrected chi connectivity index (χ2v) is 10.1. The first-order valence-electron chi connectivity index (χ1n) is 9.87. The van der Waals surface area contributed by atoms with Crippen molar-refractivity contribution in [2.45, 2.75) is 56.6 Å². The van der Waals surface area contributed by atoms with Gasteiger partial charge in [-0.1, -0.05) is 17.7 Å². The number of carbonyl (C=O) groups excluding carboxylic acids is 1. The molecular weight excluding hydrogens is 388 g/mol. The fraction of sp³-hybridized carbons (Fsp3) is 0.409. The molecule has 0 radical (unpaired) electrons. The molecule has 0 spiro atoms. The van der Waals surface area contributed by atoms with E-state index < -0.39 is 15.6 Å². The van der Waals surface area contributed by atoms with E-state index in [0.29, 0.717) is 25.1 Å². The number of hydrogen-bond donors (Lipinski definition) is 1. The summed E-state index contributed by atoms with van der Waals surface area (Å²) >= 11 is 0. The number of nitrogens with zero attached hydrogens (tertiary/aromatic N) is 1. The predicted molar refractivity (Wildman–Crippen MR) is 112 cm³/mol. The van der Waals surface area contributed by atoms with Crippen LogP contribution in [-0.2, 0) is 14.8 Å².